The van der Waals surface area contributed by atoms with Crippen molar-refractivity contribution in [2.75, 3.05) is 45.8 Å². The summed E-state index contributed by atoms with van der Waals surface area (Å²) in [5.74, 6) is -1.43. The van der Waals surface area contributed by atoms with Crippen LogP contribution in [0.3, 0.4) is 0 Å². The van der Waals surface area contributed by atoms with Crippen molar-refractivity contribution in [2.45, 2.75) is 0 Å². The Morgan fingerprint density at radius 1 is 1.35 bits per heavy atom. The number of aliphatic carboxylic acids is 1. The second-order valence-corrected chi connectivity index (χ2v) is 4.37. The molecule has 110 valence electrons. The second-order valence-electron chi connectivity index (χ2n) is 4.37. The Kier molecular flexibility index (Phi) is 6.49. The van der Waals surface area contributed by atoms with Crippen LogP contribution in [-0.2, 0) is 9.59 Å². The van der Waals surface area contributed by atoms with Gasteiger partial charge in [-0.15, -0.1) is 0 Å². The van der Waals surface area contributed by atoms with Crippen LogP contribution < -0.4 is 11.1 Å². The Morgan fingerprint density at radius 2 is 2.00 bits per heavy atom. The van der Waals surface area contributed by atoms with Crippen LogP contribution in [0.25, 0.3) is 0 Å². The van der Waals surface area contributed by atoms with Crippen LogP contribution in [0.1, 0.15) is 0 Å². The van der Waals surface area contributed by atoms with E-state index in [1.165, 1.54) is 0 Å². The Balaban J connectivity index is 2.52. The highest BCUT2D eigenvalue weighted by Crippen LogP contribution is 2.06. The summed E-state index contributed by atoms with van der Waals surface area (Å²) in [6.07, 6.45) is 1.16. The Morgan fingerprint density at radius 3 is 2.50 bits per heavy atom. The Hall–Kier alpha value is -2.11. The van der Waals surface area contributed by atoms with Crippen LogP contribution in [0.4, 0.5) is 0 Å². The van der Waals surface area contributed by atoms with E-state index in [0.717, 1.165) is 25.8 Å². The standard InChI is InChI=1S/C12H19N5O3/c13-1-2-16-3-5-17(6-4-16)12(20)10(7-14)8-15-9-11(18)19/h8,15H,1-6,9,13H2,(H,18,19)/b10-8-. The summed E-state index contributed by atoms with van der Waals surface area (Å²) in [5.41, 5.74) is 5.39. The van der Waals surface area contributed by atoms with E-state index in [4.69, 9.17) is 16.1 Å². The van der Waals surface area contributed by atoms with Crippen LogP contribution in [0.15, 0.2) is 11.8 Å². The second kappa shape index (κ2) is 8.14. The first-order chi connectivity index (χ1) is 9.58. The molecule has 1 heterocycles. The highest BCUT2D eigenvalue weighted by Gasteiger charge is 2.23. The maximum Gasteiger partial charge on any atom is 0.322 e. The summed E-state index contributed by atoms with van der Waals surface area (Å²) >= 11 is 0. The van der Waals surface area contributed by atoms with Crippen molar-refractivity contribution in [3.63, 3.8) is 0 Å². The third kappa shape index (κ3) is 4.87. The number of nitriles is 1. The Bertz CT molecular complexity index is 421. The summed E-state index contributed by atoms with van der Waals surface area (Å²) in [6.45, 7) is 3.57. The van der Waals surface area contributed by atoms with Crippen molar-refractivity contribution in [3.8, 4) is 6.07 Å². The van der Waals surface area contributed by atoms with Gasteiger partial charge < -0.3 is 21.1 Å². The first kappa shape index (κ1) is 15.9. The predicted octanol–water partition coefficient (Wildman–Crippen LogP) is -1.83. The molecule has 0 saturated carbocycles. The highest BCUT2D eigenvalue weighted by molar-refractivity contribution is 5.97. The number of rotatable bonds is 6. The van der Waals surface area contributed by atoms with Crippen molar-refractivity contribution in [1.82, 2.24) is 15.1 Å². The number of nitrogens with one attached hydrogen (secondary N) is 1. The molecular weight excluding hydrogens is 262 g/mol. The summed E-state index contributed by atoms with van der Waals surface area (Å²) in [6, 6.07) is 1.79. The molecule has 0 spiro atoms. The lowest BCUT2D eigenvalue weighted by molar-refractivity contribution is -0.135. The molecule has 8 heteroatoms. The van der Waals surface area contributed by atoms with Gasteiger partial charge in [0.05, 0.1) is 0 Å². The molecule has 0 bridgehead atoms. The fraction of sp³-hybridized carbons (Fsp3) is 0.583. The molecule has 0 aromatic carbocycles. The summed E-state index contributed by atoms with van der Waals surface area (Å²) in [7, 11) is 0. The third-order valence-corrected chi connectivity index (χ3v) is 2.96. The van der Waals surface area contributed by atoms with Crippen LogP contribution in [0.2, 0.25) is 0 Å². The SMILES string of the molecule is N#C/C(=C/NCC(=O)O)C(=O)N1CCN(CCN)CC1. The van der Waals surface area contributed by atoms with Gasteiger partial charge in [0.25, 0.3) is 5.91 Å². The van der Waals surface area contributed by atoms with Crippen LogP contribution in [0, 0.1) is 11.3 Å². The number of piperazine rings is 1. The number of hydrogen-bond donors (Lipinski definition) is 3. The number of amides is 1. The molecule has 0 aromatic rings. The molecule has 0 aliphatic carbocycles. The topological polar surface area (TPSA) is 123 Å². The number of carboxylic acid groups (broad SMARTS) is 1. The minimum atomic E-state index is -1.05. The zero-order chi connectivity index (χ0) is 15.0. The van der Waals surface area contributed by atoms with Crippen molar-refractivity contribution in [1.29, 1.82) is 5.26 Å². The van der Waals surface area contributed by atoms with Gasteiger partial charge in [0, 0.05) is 45.5 Å². The van der Waals surface area contributed by atoms with E-state index in [-0.39, 0.29) is 18.0 Å². The maximum absolute atomic E-state index is 12.1. The lowest BCUT2D eigenvalue weighted by Crippen LogP contribution is -2.50. The fourth-order valence-electron chi connectivity index (χ4n) is 1.91. The van der Waals surface area contributed by atoms with E-state index in [1.54, 1.807) is 11.0 Å². The zero-order valence-electron chi connectivity index (χ0n) is 11.2. The van der Waals surface area contributed by atoms with Crippen LogP contribution in [-0.4, -0.2) is 72.6 Å². The van der Waals surface area contributed by atoms with Crippen molar-refractivity contribution >= 4 is 11.9 Å². The maximum atomic E-state index is 12.1. The summed E-state index contributed by atoms with van der Waals surface area (Å²) in [5, 5.41) is 19.9. The zero-order valence-corrected chi connectivity index (χ0v) is 11.2. The van der Waals surface area contributed by atoms with Gasteiger partial charge in [0.2, 0.25) is 0 Å². The molecule has 0 unspecified atom stereocenters. The van der Waals surface area contributed by atoms with Crippen molar-refractivity contribution < 1.29 is 14.7 Å². The number of nitrogens with zero attached hydrogens (tertiary/aromatic N) is 3. The molecule has 1 amide bonds. The first-order valence-corrected chi connectivity index (χ1v) is 6.35. The van der Waals surface area contributed by atoms with E-state index < -0.39 is 5.97 Å². The minimum Gasteiger partial charge on any atom is -0.480 e. The first-order valence-electron chi connectivity index (χ1n) is 6.35. The molecule has 0 atom stereocenters. The molecule has 0 radical (unpaired) electrons. The third-order valence-electron chi connectivity index (χ3n) is 2.96. The predicted molar refractivity (Wildman–Crippen MR) is 71.4 cm³/mol. The molecule has 4 N–H and O–H groups in total. The summed E-state index contributed by atoms with van der Waals surface area (Å²) < 4.78 is 0. The normalized spacial score (nSPS) is 16.6. The van der Waals surface area contributed by atoms with Gasteiger partial charge in [-0.1, -0.05) is 0 Å². The lowest BCUT2D eigenvalue weighted by Gasteiger charge is -2.34. The van der Waals surface area contributed by atoms with E-state index >= 15 is 0 Å². The smallest absolute Gasteiger partial charge is 0.322 e. The van der Waals surface area contributed by atoms with Gasteiger partial charge in [-0.25, -0.2) is 0 Å². The molecule has 1 rings (SSSR count). The monoisotopic (exact) mass is 281 g/mol. The van der Waals surface area contributed by atoms with Crippen molar-refractivity contribution in [3.05, 3.63) is 11.8 Å². The van der Waals surface area contributed by atoms with Gasteiger partial charge in [0.15, 0.2) is 0 Å². The number of carboxylic acids is 1. The molecular formula is C12H19N5O3. The van der Waals surface area contributed by atoms with Gasteiger partial charge in [-0.2, -0.15) is 5.26 Å². The minimum absolute atomic E-state index is 0.0847. The van der Waals surface area contributed by atoms with Crippen LogP contribution >= 0.6 is 0 Å². The molecule has 0 aromatic heterocycles. The van der Waals surface area contributed by atoms with Gasteiger partial charge >= 0.3 is 5.97 Å². The molecule has 1 aliphatic heterocycles. The number of hydrogen-bond acceptors (Lipinski definition) is 6. The van der Waals surface area contributed by atoms with E-state index in [0.29, 0.717) is 19.6 Å². The largest absolute Gasteiger partial charge is 0.480 e. The van der Waals surface area contributed by atoms with Crippen molar-refractivity contribution in [2.24, 2.45) is 5.73 Å². The molecule has 1 aliphatic rings. The highest BCUT2D eigenvalue weighted by atomic mass is 16.4. The lowest BCUT2D eigenvalue weighted by atomic mass is 10.2. The van der Waals surface area contributed by atoms with E-state index in [2.05, 4.69) is 10.2 Å². The molecule has 1 fully saturated rings. The molecule has 8 nitrogen and oxygen atoms in total. The Labute approximate surface area is 117 Å². The summed E-state index contributed by atoms with van der Waals surface area (Å²) in [4.78, 5) is 26.2. The molecule has 1 saturated heterocycles. The van der Waals surface area contributed by atoms with Gasteiger partial charge in [0.1, 0.15) is 18.2 Å². The van der Waals surface area contributed by atoms with Crippen LogP contribution in [0.5, 0.6) is 0 Å². The van der Waals surface area contributed by atoms with Gasteiger partial charge in [-0.3, -0.25) is 14.5 Å². The molecule has 20 heavy (non-hydrogen) atoms. The number of carbonyl (C=O) groups is 2. The van der Waals surface area contributed by atoms with E-state index in [1.807, 2.05) is 0 Å². The number of carbonyl (C=O) groups excluding carboxylic acids is 1. The fourth-order valence-corrected chi connectivity index (χ4v) is 1.91. The number of nitrogens with two attached hydrogens (primary N) is 1. The van der Waals surface area contributed by atoms with Gasteiger partial charge in [-0.05, 0) is 0 Å². The average Bonchev–Trinajstić information content (AvgIpc) is 2.44. The quantitative estimate of drug-likeness (QED) is 0.386. The average molecular weight is 281 g/mol. The van der Waals surface area contributed by atoms with E-state index in [9.17, 15) is 9.59 Å².